The van der Waals surface area contributed by atoms with Gasteiger partial charge >= 0.3 is 0 Å². The molecule has 0 saturated carbocycles. The van der Waals surface area contributed by atoms with Crippen LogP contribution < -0.4 is 4.80 Å². The van der Waals surface area contributed by atoms with Gasteiger partial charge in [0.05, 0.1) is 18.5 Å². The van der Waals surface area contributed by atoms with E-state index in [2.05, 4.69) is 4.99 Å². The van der Waals surface area contributed by atoms with Gasteiger partial charge in [0.15, 0.2) is 10.6 Å². The van der Waals surface area contributed by atoms with Gasteiger partial charge in [-0.25, -0.2) is 13.8 Å². The summed E-state index contributed by atoms with van der Waals surface area (Å²) in [5.74, 6) is -0.547. The quantitative estimate of drug-likeness (QED) is 0.447. The van der Waals surface area contributed by atoms with Crippen LogP contribution in [0.5, 0.6) is 0 Å². The zero-order valence-corrected chi connectivity index (χ0v) is 15.3. The lowest BCUT2D eigenvalue weighted by Gasteiger charge is -2.08. The van der Waals surface area contributed by atoms with E-state index in [-0.39, 0.29) is 5.69 Å². The molecule has 0 unspecified atom stereocenters. The predicted octanol–water partition coefficient (Wildman–Crippen LogP) is 5.68. The monoisotopic (exact) mass is 382 g/mol. The van der Waals surface area contributed by atoms with E-state index >= 15 is 0 Å². The van der Waals surface area contributed by atoms with E-state index in [1.165, 1.54) is 29.0 Å². The highest BCUT2D eigenvalue weighted by Crippen LogP contribution is 2.23. The SMILES string of the molecule is Cc1ccc(-c2csc(=Nc3ccc(F)cc3F)n2Cc2ccco2)cc1. The van der Waals surface area contributed by atoms with Crippen molar-refractivity contribution < 1.29 is 13.2 Å². The molecule has 0 spiro atoms. The molecule has 27 heavy (non-hydrogen) atoms. The fourth-order valence-electron chi connectivity index (χ4n) is 2.76. The average molecular weight is 382 g/mol. The second-order valence-electron chi connectivity index (χ2n) is 6.14. The summed E-state index contributed by atoms with van der Waals surface area (Å²) in [7, 11) is 0. The summed E-state index contributed by atoms with van der Waals surface area (Å²) in [6.07, 6.45) is 1.62. The van der Waals surface area contributed by atoms with Crippen molar-refractivity contribution in [2.45, 2.75) is 13.5 Å². The summed E-state index contributed by atoms with van der Waals surface area (Å²) in [6, 6.07) is 15.2. The maximum Gasteiger partial charge on any atom is 0.190 e. The van der Waals surface area contributed by atoms with Crippen LogP contribution in [0.15, 0.2) is 75.7 Å². The number of furan rings is 1. The lowest BCUT2D eigenvalue weighted by Crippen LogP contribution is -2.16. The standard InChI is InChI=1S/C21H16F2N2OS/c1-14-4-6-15(7-5-14)20-13-27-21(25(20)12-17-3-2-10-26-17)24-19-9-8-16(22)11-18(19)23/h2-11,13H,12H2,1H3. The van der Waals surface area contributed by atoms with E-state index < -0.39 is 11.6 Å². The minimum Gasteiger partial charge on any atom is -0.467 e. The van der Waals surface area contributed by atoms with Gasteiger partial charge in [-0.2, -0.15) is 0 Å². The maximum atomic E-state index is 14.1. The lowest BCUT2D eigenvalue weighted by molar-refractivity contribution is 0.492. The molecular formula is C21H16F2N2OS. The third-order valence-corrected chi connectivity index (χ3v) is 5.03. The van der Waals surface area contributed by atoms with Gasteiger partial charge in [0.25, 0.3) is 0 Å². The van der Waals surface area contributed by atoms with Crippen molar-refractivity contribution in [3.63, 3.8) is 0 Å². The number of aromatic nitrogens is 1. The molecule has 0 aliphatic rings. The van der Waals surface area contributed by atoms with Gasteiger partial charge in [0, 0.05) is 11.4 Å². The number of aryl methyl sites for hydroxylation is 1. The van der Waals surface area contributed by atoms with Gasteiger partial charge in [0.1, 0.15) is 17.3 Å². The first-order chi connectivity index (χ1) is 13.1. The van der Waals surface area contributed by atoms with Gasteiger partial charge in [-0.15, -0.1) is 11.3 Å². The molecule has 0 aliphatic carbocycles. The first-order valence-corrected chi connectivity index (χ1v) is 9.25. The van der Waals surface area contributed by atoms with Gasteiger partial charge < -0.3 is 8.98 Å². The van der Waals surface area contributed by atoms with Crippen molar-refractivity contribution >= 4 is 17.0 Å². The van der Waals surface area contributed by atoms with Crippen LogP contribution in [-0.2, 0) is 6.54 Å². The Hall–Kier alpha value is -2.99. The number of halogens is 2. The summed E-state index contributed by atoms with van der Waals surface area (Å²) in [5.41, 5.74) is 3.26. The molecule has 0 N–H and O–H groups in total. The second kappa shape index (κ2) is 7.32. The van der Waals surface area contributed by atoms with E-state index in [9.17, 15) is 8.78 Å². The first-order valence-electron chi connectivity index (χ1n) is 8.38. The molecular weight excluding hydrogens is 366 g/mol. The van der Waals surface area contributed by atoms with Gasteiger partial charge in [-0.05, 0) is 36.8 Å². The minimum atomic E-state index is -0.690. The topological polar surface area (TPSA) is 30.4 Å². The van der Waals surface area contributed by atoms with Crippen LogP contribution in [0.3, 0.4) is 0 Å². The van der Waals surface area contributed by atoms with Gasteiger partial charge in [-0.1, -0.05) is 29.8 Å². The van der Waals surface area contributed by atoms with Crippen molar-refractivity contribution in [1.29, 1.82) is 0 Å². The van der Waals surface area contributed by atoms with Crippen LogP contribution >= 0.6 is 11.3 Å². The summed E-state index contributed by atoms with van der Waals surface area (Å²) in [4.78, 5) is 5.03. The van der Waals surface area contributed by atoms with Crippen LogP contribution in [0.25, 0.3) is 11.3 Å². The normalized spacial score (nSPS) is 11.9. The molecule has 0 atom stereocenters. The molecule has 2 aromatic carbocycles. The summed E-state index contributed by atoms with van der Waals surface area (Å²) >= 11 is 1.40. The second-order valence-corrected chi connectivity index (χ2v) is 6.98. The number of hydrogen-bond acceptors (Lipinski definition) is 3. The van der Waals surface area contributed by atoms with Crippen molar-refractivity contribution in [3.8, 4) is 11.3 Å². The fourth-order valence-corrected chi connectivity index (χ4v) is 3.68. The molecule has 2 aromatic heterocycles. The Morgan fingerprint density at radius 1 is 1.07 bits per heavy atom. The van der Waals surface area contributed by atoms with Crippen LogP contribution in [0, 0.1) is 18.6 Å². The maximum absolute atomic E-state index is 14.1. The van der Waals surface area contributed by atoms with Gasteiger partial charge in [-0.3, -0.25) is 0 Å². The molecule has 0 bridgehead atoms. The zero-order valence-electron chi connectivity index (χ0n) is 14.5. The van der Waals surface area contributed by atoms with E-state index in [1.54, 1.807) is 6.26 Å². The highest BCUT2D eigenvalue weighted by atomic mass is 32.1. The predicted molar refractivity (Wildman–Crippen MR) is 102 cm³/mol. The fraction of sp³-hybridized carbons (Fsp3) is 0.0952. The third-order valence-electron chi connectivity index (χ3n) is 4.16. The molecule has 4 aromatic rings. The molecule has 4 rings (SSSR count). The van der Waals surface area contributed by atoms with Crippen LogP contribution in [0.2, 0.25) is 0 Å². The van der Waals surface area contributed by atoms with E-state index in [4.69, 9.17) is 4.42 Å². The Kier molecular flexibility index (Phi) is 4.73. The highest BCUT2D eigenvalue weighted by Gasteiger charge is 2.11. The van der Waals surface area contributed by atoms with Crippen LogP contribution in [-0.4, -0.2) is 4.57 Å². The summed E-state index contributed by atoms with van der Waals surface area (Å²) in [6.45, 7) is 2.49. The Morgan fingerprint density at radius 2 is 1.89 bits per heavy atom. The third kappa shape index (κ3) is 3.75. The van der Waals surface area contributed by atoms with Crippen LogP contribution in [0.1, 0.15) is 11.3 Å². The molecule has 136 valence electrons. The Balaban J connectivity index is 1.86. The smallest absolute Gasteiger partial charge is 0.190 e. The van der Waals surface area contributed by atoms with Gasteiger partial charge in [0.2, 0.25) is 0 Å². The zero-order chi connectivity index (χ0) is 18.8. The molecule has 0 radical (unpaired) electrons. The number of hydrogen-bond donors (Lipinski definition) is 0. The van der Waals surface area contributed by atoms with E-state index in [0.29, 0.717) is 11.3 Å². The molecule has 2 heterocycles. The molecule has 3 nitrogen and oxygen atoms in total. The van der Waals surface area contributed by atoms with E-state index in [0.717, 1.165) is 23.1 Å². The molecule has 0 fully saturated rings. The van der Waals surface area contributed by atoms with Crippen molar-refractivity contribution in [1.82, 2.24) is 4.57 Å². The van der Waals surface area contributed by atoms with Crippen molar-refractivity contribution in [3.05, 3.63) is 94.0 Å². The molecule has 0 saturated heterocycles. The largest absolute Gasteiger partial charge is 0.467 e. The number of benzene rings is 2. The summed E-state index contributed by atoms with van der Waals surface area (Å²) in [5, 5.41) is 1.98. The average Bonchev–Trinajstić information content (AvgIpc) is 3.29. The highest BCUT2D eigenvalue weighted by molar-refractivity contribution is 7.07. The Bertz CT molecular complexity index is 1130. The van der Waals surface area contributed by atoms with Crippen LogP contribution in [0.4, 0.5) is 14.5 Å². The molecule has 0 amide bonds. The number of rotatable bonds is 4. The number of nitrogens with zero attached hydrogens (tertiary/aromatic N) is 2. The Labute approximate surface area is 158 Å². The lowest BCUT2D eigenvalue weighted by atomic mass is 10.1. The molecule has 0 aliphatic heterocycles. The molecule has 6 heteroatoms. The Morgan fingerprint density at radius 3 is 2.59 bits per heavy atom. The number of thiazole rings is 1. The first kappa shape index (κ1) is 17.4. The minimum absolute atomic E-state index is 0.0990. The van der Waals surface area contributed by atoms with E-state index in [1.807, 2.05) is 53.3 Å². The summed E-state index contributed by atoms with van der Waals surface area (Å²) < 4.78 is 34.7. The van der Waals surface area contributed by atoms with Crippen molar-refractivity contribution in [2.24, 2.45) is 4.99 Å². The van der Waals surface area contributed by atoms with Crippen molar-refractivity contribution in [2.75, 3.05) is 0 Å².